The van der Waals surface area contributed by atoms with E-state index in [2.05, 4.69) is 36.0 Å². The van der Waals surface area contributed by atoms with E-state index < -0.39 is 0 Å². The second kappa shape index (κ2) is 3.29. The lowest BCUT2D eigenvalue weighted by Gasteiger charge is -2.36. The van der Waals surface area contributed by atoms with Crippen molar-refractivity contribution in [2.75, 3.05) is 13.1 Å². The van der Waals surface area contributed by atoms with Crippen molar-refractivity contribution in [3.8, 4) is 0 Å². The van der Waals surface area contributed by atoms with E-state index in [0.29, 0.717) is 18.1 Å². The largest absolute Gasteiger partial charge is 0.369 e. The molecular formula is C10H19N3. The van der Waals surface area contributed by atoms with Crippen LogP contribution in [0.2, 0.25) is 0 Å². The lowest BCUT2D eigenvalue weighted by atomic mass is 10.00. The SMILES string of the molecule is CC1=NC2CN(C(C)C)CCC2N1. The number of fused-ring (bicyclic) bond motifs is 1. The van der Waals surface area contributed by atoms with E-state index in [0.717, 1.165) is 12.4 Å². The number of nitrogens with one attached hydrogen (secondary N) is 1. The van der Waals surface area contributed by atoms with Crippen LogP contribution in [0.4, 0.5) is 0 Å². The van der Waals surface area contributed by atoms with Gasteiger partial charge in [-0.2, -0.15) is 0 Å². The highest BCUT2D eigenvalue weighted by Crippen LogP contribution is 2.19. The van der Waals surface area contributed by atoms with Gasteiger partial charge in [0.05, 0.1) is 17.9 Å². The zero-order chi connectivity index (χ0) is 9.42. The summed E-state index contributed by atoms with van der Waals surface area (Å²) < 4.78 is 0. The molecule has 0 bridgehead atoms. The van der Waals surface area contributed by atoms with E-state index >= 15 is 0 Å². The van der Waals surface area contributed by atoms with Crippen LogP contribution in [-0.2, 0) is 0 Å². The molecule has 2 aliphatic heterocycles. The van der Waals surface area contributed by atoms with Gasteiger partial charge in [0.25, 0.3) is 0 Å². The third-order valence-corrected chi connectivity index (χ3v) is 3.10. The van der Waals surface area contributed by atoms with E-state index in [4.69, 9.17) is 0 Å². The molecular weight excluding hydrogens is 162 g/mol. The summed E-state index contributed by atoms with van der Waals surface area (Å²) in [5, 5.41) is 3.44. The van der Waals surface area contributed by atoms with Crippen LogP contribution in [0.1, 0.15) is 27.2 Å². The molecule has 0 aromatic carbocycles. The smallest absolute Gasteiger partial charge is 0.0939 e. The summed E-state index contributed by atoms with van der Waals surface area (Å²) in [5.41, 5.74) is 0. The number of nitrogens with zero attached hydrogens (tertiary/aromatic N) is 2. The van der Waals surface area contributed by atoms with E-state index in [1.165, 1.54) is 13.0 Å². The van der Waals surface area contributed by atoms with Gasteiger partial charge in [0, 0.05) is 19.1 Å². The van der Waals surface area contributed by atoms with Gasteiger partial charge in [-0.3, -0.25) is 9.89 Å². The van der Waals surface area contributed by atoms with Gasteiger partial charge < -0.3 is 5.32 Å². The Bertz CT molecular complexity index is 222. The van der Waals surface area contributed by atoms with Crippen LogP contribution in [0.5, 0.6) is 0 Å². The van der Waals surface area contributed by atoms with Gasteiger partial charge in [-0.05, 0) is 27.2 Å². The highest BCUT2D eigenvalue weighted by molar-refractivity contribution is 5.82. The van der Waals surface area contributed by atoms with Gasteiger partial charge in [0.1, 0.15) is 0 Å². The van der Waals surface area contributed by atoms with Crippen LogP contribution < -0.4 is 5.32 Å². The van der Waals surface area contributed by atoms with Crippen molar-refractivity contribution in [3.05, 3.63) is 0 Å². The topological polar surface area (TPSA) is 27.6 Å². The Labute approximate surface area is 80.2 Å². The molecule has 0 aliphatic carbocycles. The van der Waals surface area contributed by atoms with Gasteiger partial charge in [-0.15, -0.1) is 0 Å². The minimum atomic E-state index is 0.510. The van der Waals surface area contributed by atoms with Gasteiger partial charge in [-0.25, -0.2) is 0 Å². The van der Waals surface area contributed by atoms with Gasteiger partial charge in [0.15, 0.2) is 0 Å². The van der Waals surface area contributed by atoms with Crippen LogP contribution in [0.25, 0.3) is 0 Å². The van der Waals surface area contributed by atoms with Crippen molar-refractivity contribution in [1.29, 1.82) is 0 Å². The van der Waals surface area contributed by atoms with Gasteiger partial charge in [-0.1, -0.05) is 0 Å². The molecule has 0 spiro atoms. The Balaban J connectivity index is 1.99. The Hall–Kier alpha value is -0.570. The third kappa shape index (κ3) is 1.70. The number of piperidine rings is 1. The maximum Gasteiger partial charge on any atom is 0.0939 e. The molecule has 0 radical (unpaired) electrons. The predicted octanol–water partition coefficient (Wildman–Crippen LogP) is 0.859. The van der Waals surface area contributed by atoms with Crippen LogP contribution in [-0.4, -0.2) is 42.0 Å². The summed E-state index contributed by atoms with van der Waals surface area (Å²) in [5.74, 6) is 1.13. The normalized spacial score (nSPS) is 34.3. The zero-order valence-corrected chi connectivity index (χ0v) is 8.75. The summed E-state index contributed by atoms with van der Waals surface area (Å²) in [6.45, 7) is 8.94. The van der Waals surface area contributed by atoms with E-state index in [9.17, 15) is 0 Å². The summed E-state index contributed by atoms with van der Waals surface area (Å²) in [4.78, 5) is 7.13. The molecule has 3 heteroatoms. The molecule has 0 amide bonds. The van der Waals surface area contributed by atoms with Crippen molar-refractivity contribution in [2.24, 2.45) is 4.99 Å². The predicted molar refractivity (Wildman–Crippen MR) is 55.1 cm³/mol. The average Bonchev–Trinajstić information content (AvgIpc) is 2.42. The standard InChI is InChI=1S/C10H19N3/c1-7(2)13-5-4-9-10(6-13)12-8(3)11-9/h7,9-10H,4-6H2,1-3H3,(H,11,12). The van der Waals surface area contributed by atoms with Crippen LogP contribution >= 0.6 is 0 Å². The maximum absolute atomic E-state index is 4.61. The summed E-state index contributed by atoms with van der Waals surface area (Å²) in [6, 6.07) is 1.79. The fraction of sp³-hybridized carbons (Fsp3) is 0.900. The number of amidine groups is 1. The van der Waals surface area contributed by atoms with Crippen LogP contribution in [0, 0.1) is 0 Å². The van der Waals surface area contributed by atoms with Crippen molar-refractivity contribution >= 4 is 5.84 Å². The van der Waals surface area contributed by atoms with Gasteiger partial charge >= 0.3 is 0 Å². The minimum Gasteiger partial charge on any atom is -0.369 e. The molecule has 0 saturated carbocycles. The summed E-state index contributed by atoms with van der Waals surface area (Å²) in [7, 11) is 0. The van der Waals surface area contributed by atoms with E-state index in [-0.39, 0.29) is 0 Å². The highest BCUT2D eigenvalue weighted by Gasteiger charge is 2.33. The molecule has 3 nitrogen and oxygen atoms in total. The quantitative estimate of drug-likeness (QED) is 0.649. The molecule has 0 aromatic heterocycles. The Morgan fingerprint density at radius 2 is 2.31 bits per heavy atom. The maximum atomic E-state index is 4.61. The molecule has 2 rings (SSSR count). The lowest BCUT2D eigenvalue weighted by molar-refractivity contribution is 0.156. The summed E-state index contributed by atoms with van der Waals surface area (Å²) >= 11 is 0. The van der Waals surface area contributed by atoms with Crippen molar-refractivity contribution in [2.45, 2.75) is 45.3 Å². The fourth-order valence-corrected chi connectivity index (χ4v) is 2.28. The van der Waals surface area contributed by atoms with Crippen molar-refractivity contribution < 1.29 is 0 Å². The number of aliphatic imine (C=N–C) groups is 1. The Morgan fingerprint density at radius 3 is 3.00 bits per heavy atom. The zero-order valence-electron chi connectivity index (χ0n) is 8.75. The second-order valence-corrected chi connectivity index (χ2v) is 4.41. The second-order valence-electron chi connectivity index (χ2n) is 4.41. The number of hydrogen-bond donors (Lipinski definition) is 1. The highest BCUT2D eigenvalue weighted by atomic mass is 15.2. The van der Waals surface area contributed by atoms with Crippen molar-refractivity contribution in [1.82, 2.24) is 10.2 Å². The first-order valence-corrected chi connectivity index (χ1v) is 5.22. The molecule has 1 saturated heterocycles. The van der Waals surface area contributed by atoms with E-state index in [1.54, 1.807) is 0 Å². The monoisotopic (exact) mass is 181 g/mol. The Morgan fingerprint density at radius 1 is 1.54 bits per heavy atom. The molecule has 2 unspecified atom stereocenters. The molecule has 2 heterocycles. The number of rotatable bonds is 1. The number of likely N-dealkylation sites (tertiary alicyclic amines) is 1. The van der Waals surface area contributed by atoms with Crippen LogP contribution in [0.15, 0.2) is 4.99 Å². The molecule has 1 N–H and O–H groups in total. The third-order valence-electron chi connectivity index (χ3n) is 3.10. The van der Waals surface area contributed by atoms with Crippen LogP contribution in [0.3, 0.4) is 0 Å². The van der Waals surface area contributed by atoms with Crippen molar-refractivity contribution in [3.63, 3.8) is 0 Å². The van der Waals surface area contributed by atoms with E-state index in [1.807, 2.05) is 0 Å². The molecule has 74 valence electrons. The molecule has 2 atom stereocenters. The Kier molecular flexibility index (Phi) is 2.28. The average molecular weight is 181 g/mol. The summed E-state index contributed by atoms with van der Waals surface area (Å²) in [6.07, 6.45) is 1.24. The first kappa shape index (κ1) is 9.00. The first-order chi connectivity index (χ1) is 6.16. The molecule has 2 aliphatic rings. The number of hydrogen-bond acceptors (Lipinski definition) is 3. The molecule has 0 aromatic rings. The van der Waals surface area contributed by atoms with Gasteiger partial charge in [0.2, 0.25) is 0 Å². The minimum absolute atomic E-state index is 0.510. The first-order valence-electron chi connectivity index (χ1n) is 5.22. The lowest BCUT2D eigenvalue weighted by Crippen LogP contribution is -2.50. The molecule has 1 fully saturated rings. The molecule has 13 heavy (non-hydrogen) atoms. The fourth-order valence-electron chi connectivity index (χ4n) is 2.28.